The third-order valence-electron chi connectivity index (χ3n) is 5.63. The molecule has 0 radical (unpaired) electrons. The molecule has 1 aromatic rings. The average Bonchev–Trinajstić information content (AvgIpc) is 2.73. The molecule has 2 aliphatic carbocycles. The van der Waals surface area contributed by atoms with E-state index in [2.05, 4.69) is 55.6 Å². The van der Waals surface area contributed by atoms with Gasteiger partial charge in [-0.3, -0.25) is 0 Å². The Labute approximate surface area is 167 Å². The second-order valence-electron chi connectivity index (χ2n) is 8.04. The van der Waals surface area contributed by atoms with Gasteiger partial charge in [-0.05, 0) is 48.5 Å². The highest BCUT2D eigenvalue weighted by molar-refractivity contribution is 5.77. The first-order chi connectivity index (χ1) is 13.6. The number of hydrogen-bond acceptors (Lipinski definition) is 2. The Morgan fingerprint density at radius 1 is 1.11 bits per heavy atom. The van der Waals surface area contributed by atoms with E-state index in [1.165, 1.54) is 11.1 Å². The van der Waals surface area contributed by atoms with Gasteiger partial charge < -0.3 is 5.32 Å². The number of nitrogens with one attached hydrogen (secondary N) is 1. The van der Waals surface area contributed by atoms with E-state index in [4.69, 9.17) is 0 Å². The Bertz CT molecular complexity index is 873. The summed E-state index contributed by atoms with van der Waals surface area (Å²) in [5, 5.41) is 4.55. The molecule has 0 bridgehead atoms. The van der Waals surface area contributed by atoms with Crippen molar-refractivity contribution >= 4 is 11.8 Å². The summed E-state index contributed by atoms with van der Waals surface area (Å²) in [6, 6.07) is 6.04. The molecule has 3 heteroatoms. The molecule has 0 saturated heterocycles. The predicted molar refractivity (Wildman–Crippen MR) is 116 cm³/mol. The summed E-state index contributed by atoms with van der Waals surface area (Å²) in [5.41, 5.74) is 5.25. The molecule has 0 aromatic heterocycles. The van der Waals surface area contributed by atoms with Crippen molar-refractivity contribution in [1.82, 2.24) is 10.4 Å². The highest BCUT2D eigenvalue weighted by Gasteiger charge is 2.33. The number of halogens is 1. The fraction of sp³-hybridized carbons (Fsp3) is 0.360. The van der Waals surface area contributed by atoms with Crippen molar-refractivity contribution in [1.29, 1.82) is 0 Å². The third-order valence-corrected chi connectivity index (χ3v) is 5.63. The Hall–Kier alpha value is -2.39. The minimum atomic E-state index is -0.375. The Kier molecular flexibility index (Phi) is 5.63. The first-order valence-electron chi connectivity index (χ1n) is 10.4. The summed E-state index contributed by atoms with van der Waals surface area (Å²) in [6.45, 7) is 4.23. The monoisotopic (exact) mass is 376 g/mol. The van der Waals surface area contributed by atoms with Gasteiger partial charge in [0.05, 0.1) is 17.8 Å². The molecule has 28 heavy (non-hydrogen) atoms. The van der Waals surface area contributed by atoms with Crippen molar-refractivity contribution in [2.75, 3.05) is 0 Å². The molecule has 2 unspecified atom stereocenters. The normalized spacial score (nSPS) is 22.1. The minimum Gasteiger partial charge on any atom is -0.306 e. The van der Waals surface area contributed by atoms with Gasteiger partial charge in [-0.15, -0.1) is 0 Å². The summed E-state index contributed by atoms with van der Waals surface area (Å²) in [6.07, 6.45) is 20.9. The van der Waals surface area contributed by atoms with E-state index in [9.17, 15) is 0 Å². The number of fused-ring (bicyclic) bond motifs is 1. The van der Waals surface area contributed by atoms with Crippen LogP contribution in [0.4, 0.5) is 4.48 Å². The highest BCUT2D eigenvalue weighted by Crippen LogP contribution is 2.35. The number of allylic oxidation sites excluding steroid dienone is 5. The van der Waals surface area contributed by atoms with Crippen LogP contribution in [0.25, 0.3) is 11.8 Å². The number of aryl methyl sites for hydroxylation is 1. The van der Waals surface area contributed by atoms with Crippen LogP contribution < -0.4 is 5.32 Å². The molecular weight excluding hydrogens is 347 g/mol. The van der Waals surface area contributed by atoms with E-state index >= 15 is 4.48 Å². The van der Waals surface area contributed by atoms with E-state index in [1.54, 1.807) is 0 Å². The molecule has 0 amide bonds. The number of benzene rings is 1. The lowest BCUT2D eigenvalue weighted by atomic mass is 9.89. The van der Waals surface area contributed by atoms with Crippen LogP contribution in [0, 0.1) is 0 Å². The van der Waals surface area contributed by atoms with E-state index in [0.717, 1.165) is 41.9 Å². The Morgan fingerprint density at radius 3 is 2.75 bits per heavy atom. The van der Waals surface area contributed by atoms with Gasteiger partial charge in [0.15, 0.2) is 0 Å². The summed E-state index contributed by atoms with van der Waals surface area (Å²) in [7, 11) is 0. The summed E-state index contributed by atoms with van der Waals surface area (Å²) >= 11 is 0. The molecule has 146 valence electrons. The molecule has 1 heterocycles. The van der Waals surface area contributed by atoms with Crippen molar-refractivity contribution < 1.29 is 4.48 Å². The highest BCUT2D eigenvalue weighted by atomic mass is 19.2. The maximum absolute atomic E-state index is 15.8. The van der Waals surface area contributed by atoms with E-state index in [0.29, 0.717) is 5.70 Å². The molecule has 0 spiro atoms. The van der Waals surface area contributed by atoms with Crippen LogP contribution in [0.1, 0.15) is 49.8 Å². The van der Waals surface area contributed by atoms with Gasteiger partial charge in [-0.25, -0.2) is 5.12 Å². The lowest BCUT2D eigenvalue weighted by molar-refractivity contribution is 0.0577. The zero-order valence-electron chi connectivity index (χ0n) is 16.7. The molecule has 0 saturated carbocycles. The second-order valence-corrected chi connectivity index (χ2v) is 8.04. The topological polar surface area (TPSA) is 15.3 Å². The fourth-order valence-corrected chi connectivity index (χ4v) is 4.32. The Morgan fingerprint density at radius 2 is 1.96 bits per heavy atom. The smallest absolute Gasteiger partial charge is 0.0993 e. The lowest BCUT2D eigenvalue weighted by Crippen LogP contribution is -2.49. The largest absolute Gasteiger partial charge is 0.306 e. The molecule has 1 aliphatic heterocycles. The third kappa shape index (κ3) is 3.77. The Balaban J connectivity index is 1.68. The molecule has 4 rings (SSSR count). The fourth-order valence-electron chi connectivity index (χ4n) is 4.32. The maximum atomic E-state index is 15.8. The second kappa shape index (κ2) is 8.32. The quantitative estimate of drug-likeness (QED) is 0.658. The van der Waals surface area contributed by atoms with Crippen LogP contribution in [0.15, 0.2) is 66.3 Å². The van der Waals surface area contributed by atoms with Crippen LogP contribution in [-0.2, 0) is 6.42 Å². The van der Waals surface area contributed by atoms with E-state index in [1.807, 2.05) is 30.4 Å². The van der Waals surface area contributed by atoms with E-state index in [-0.39, 0.29) is 18.1 Å². The average molecular weight is 377 g/mol. The van der Waals surface area contributed by atoms with Crippen LogP contribution >= 0.6 is 0 Å². The van der Waals surface area contributed by atoms with Crippen molar-refractivity contribution in [2.45, 2.75) is 57.7 Å². The molecule has 1 N–H and O–H groups in total. The van der Waals surface area contributed by atoms with Crippen LogP contribution in [0.5, 0.6) is 0 Å². The van der Waals surface area contributed by atoms with Gasteiger partial charge >= 0.3 is 0 Å². The van der Waals surface area contributed by atoms with Gasteiger partial charge in [-0.2, -0.15) is 0 Å². The number of nitrogens with zero attached hydrogens (tertiary/aromatic N) is 1. The van der Waals surface area contributed by atoms with Gasteiger partial charge in [0.1, 0.15) is 0 Å². The molecular formula is C25H29FN2. The SMILES string of the molecule is CC(C)NC(C1=CCCC=C1)C1C=CC=C(c2cccc3c2C=CCC3)N1F. The first-order valence-corrected chi connectivity index (χ1v) is 10.4. The van der Waals surface area contributed by atoms with Crippen LogP contribution in [0.2, 0.25) is 0 Å². The lowest BCUT2D eigenvalue weighted by Gasteiger charge is -2.36. The van der Waals surface area contributed by atoms with Gasteiger partial charge in [0.25, 0.3) is 0 Å². The van der Waals surface area contributed by atoms with Gasteiger partial charge in [0, 0.05) is 11.6 Å². The molecule has 1 aromatic carbocycles. The first kappa shape index (κ1) is 18.9. The molecule has 2 atom stereocenters. The number of hydrogen-bond donors (Lipinski definition) is 1. The standard InChI is InChI=1S/C25H29FN2/c1-18(2)27-25(20-11-4-3-5-12-20)24-17-9-16-23(28(24)26)22-15-8-13-19-10-6-7-14-21(19)22/h4,7-9,11-18,24-25,27H,3,5-6,10H2,1-2H3. The van der Waals surface area contributed by atoms with Gasteiger partial charge in [-0.1, -0.05) is 79.1 Å². The molecule has 0 fully saturated rings. The van der Waals surface area contributed by atoms with Crippen molar-refractivity contribution in [3.05, 3.63) is 83.0 Å². The van der Waals surface area contributed by atoms with Crippen molar-refractivity contribution in [3.63, 3.8) is 0 Å². The minimum absolute atomic E-state index is 0.0865. The van der Waals surface area contributed by atoms with E-state index < -0.39 is 0 Å². The molecule has 2 nitrogen and oxygen atoms in total. The summed E-state index contributed by atoms with van der Waals surface area (Å²) < 4.78 is 15.8. The van der Waals surface area contributed by atoms with Crippen molar-refractivity contribution in [3.8, 4) is 0 Å². The van der Waals surface area contributed by atoms with Crippen LogP contribution in [0.3, 0.4) is 0 Å². The zero-order valence-corrected chi connectivity index (χ0v) is 16.7. The summed E-state index contributed by atoms with van der Waals surface area (Å²) in [4.78, 5) is 0. The summed E-state index contributed by atoms with van der Waals surface area (Å²) in [5.74, 6) is 0. The van der Waals surface area contributed by atoms with Crippen LogP contribution in [-0.4, -0.2) is 23.2 Å². The maximum Gasteiger partial charge on any atom is 0.0993 e. The molecule has 3 aliphatic rings. The van der Waals surface area contributed by atoms with Gasteiger partial charge in [0.2, 0.25) is 0 Å². The zero-order chi connectivity index (χ0) is 19.5. The van der Waals surface area contributed by atoms with Crippen molar-refractivity contribution in [2.24, 2.45) is 0 Å². The predicted octanol–water partition coefficient (Wildman–Crippen LogP) is 5.75. The number of rotatable bonds is 5.